The van der Waals surface area contributed by atoms with Crippen molar-refractivity contribution in [3.05, 3.63) is 82.8 Å². The van der Waals surface area contributed by atoms with E-state index < -0.39 is 41.7 Å². The van der Waals surface area contributed by atoms with Crippen molar-refractivity contribution in [3.63, 3.8) is 0 Å². The molecule has 0 unspecified atom stereocenters. The Kier molecular flexibility index (Phi) is 5.71. The number of fused-ring (bicyclic) bond motifs is 1. The topological polar surface area (TPSA) is 79.9 Å². The van der Waals surface area contributed by atoms with Crippen LogP contribution in [0, 0.1) is 18.6 Å². The molecule has 0 aliphatic carbocycles. The Balaban J connectivity index is 1.66. The maximum absolute atomic E-state index is 13.9. The van der Waals surface area contributed by atoms with Crippen molar-refractivity contribution in [1.82, 2.24) is 15.2 Å². The number of H-pyrrole nitrogens is 1. The molecule has 0 aliphatic heterocycles. The molecule has 0 bridgehead atoms. The van der Waals surface area contributed by atoms with E-state index in [2.05, 4.69) is 20.5 Å². The number of nitrogens with zero attached hydrogens (tertiary/aromatic N) is 2. The molecule has 0 atom stereocenters. The molecule has 4 aromatic rings. The minimum absolute atomic E-state index is 0.0243. The van der Waals surface area contributed by atoms with Crippen LogP contribution in [0.1, 0.15) is 27.3 Å². The normalized spacial score (nSPS) is 11.6. The highest BCUT2D eigenvalue weighted by Gasteiger charge is 2.38. The van der Waals surface area contributed by atoms with Gasteiger partial charge in [0.2, 0.25) is 0 Å². The van der Waals surface area contributed by atoms with Gasteiger partial charge in [-0.3, -0.25) is 14.9 Å². The first-order valence-electron chi connectivity index (χ1n) is 9.53. The molecule has 0 aliphatic rings. The average Bonchev–Trinajstić information content (AvgIpc) is 3.13. The lowest BCUT2D eigenvalue weighted by molar-refractivity contribution is -0.140. The number of aryl methyl sites for hydroxylation is 1. The predicted octanol–water partition coefficient (Wildman–Crippen LogP) is 5.39. The molecule has 2 aromatic carbocycles. The van der Waals surface area contributed by atoms with Gasteiger partial charge < -0.3 is 10.1 Å². The van der Waals surface area contributed by atoms with Crippen LogP contribution in [0.25, 0.3) is 10.9 Å². The molecule has 1 amide bonds. The Labute approximate surface area is 183 Å². The number of alkyl halides is 3. The van der Waals surface area contributed by atoms with Crippen molar-refractivity contribution in [2.75, 3.05) is 5.32 Å². The van der Waals surface area contributed by atoms with Gasteiger partial charge in [0.05, 0.1) is 22.5 Å². The number of anilines is 1. The largest absolute Gasteiger partial charge is 0.486 e. The van der Waals surface area contributed by atoms with Crippen molar-refractivity contribution in [3.8, 4) is 5.75 Å². The average molecular weight is 462 g/mol. The molecule has 2 heterocycles. The minimum Gasteiger partial charge on any atom is -0.486 e. The lowest BCUT2D eigenvalue weighted by atomic mass is 10.1. The van der Waals surface area contributed by atoms with Crippen LogP contribution >= 0.6 is 0 Å². The standard InChI is InChI=1S/C22H15F5N4O2/c1-11-18(20(31-30-11)22(25,26)27)29-21(32)13-8-9-28-19-12(13)4-2-7-17(19)33-10-14-15(23)5-3-6-16(14)24/h2-9H,10H2,1H3,(H,29,32)(H,30,31). The summed E-state index contributed by atoms with van der Waals surface area (Å²) < 4.78 is 72.9. The molecule has 11 heteroatoms. The number of para-hydroxylation sites is 1. The van der Waals surface area contributed by atoms with Crippen LogP contribution < -0.4 is 10.1 Å². The highest BCUT2D eigenvalue weighted by atomic mass is 19.4. The van der Waals surface area contributed by atoms with E-state index in [4.69, 9.17) is 4.74 Å². The molecule has 0 radical (unpaired) electrons. The minimum atomic E-state index is -4.77. The third-order valence-electron chi connectivity index (χ3n) is 4.87. The SMILES string of the molecule is Cc1[nH]nc(C(F)(F)F)c1NC(=O)c1ccnc2c(OCc3c(F)cccc3F)cccc12. The third-order valence-corrected chi connectivity index (χ3v) is 4.87. The highest BCUT2D eigenvalue weighted by molar-refractivity contribution is 6.13. The number of hydrogen-bond donors (Lipinski definition) is 2. The Bertz CT molecular complexity index is 1330. The zero-order valence-electron chi connectivity index (χ0n) is 16.9. The Morgan fingerprint density at radius 1 is 1.09 bits per heavy atom. The number of ether oxygens (including phenoxy) is 1. The van der Waals surface area contributed by atoms with Crippen LogP contribution in [0.15, 0.2) is 48.7 Å². The molecule has 33 heavy (non-hydrogen) atoms. The summed E-state index contributed by atoms with van der Waals surface area (Å²) in [7, 11) is 0. The smallest absolute Gasteiger partial charge is 0.437 e. The molecule has 0 saturated heterocycles. The summed E-state index contributed by atoms with van der Waals surface area (Å²) in [6, 6.07) is 9.30. The van der Waals surface area contributed by atoms with Crippen LogP contribution in [0.3, 0.4) is 0 Å². The number of amides is 1. The van der Waals surface area contributed by atoms with E-state index in [0.717, 1.165) is 12.1 Å². The Morgan fingerprint density at radius 2 is 1.79 bits per heavy atom. The van der Waals surface area contributed by atoms with Gasteiger partial charge in [-0.1, -0.05) is 18.2 Å². The van der Waals surface area contributed by atoms with Gasteiger partial charge >= 0.3 is 6.18 Å². The second-order valence-corrected chi connectivity index (χ2v) is 7.02. The second-order valence-electron chi connectivity index (χ2n) is 7.02. The molecule has 6 nitrogen and oxygen atoms in total. The van der Waals surface area contributed by atoms with Crippen molar-refractivity contribution in [2.45, 2.75) is 19.7 Å². The highest BCUT2D eigenvalue weighted by Crippen LogP contribution is 2.35. The summed E-state index contributed by atoms with van der Waals surface area (Å²) in [5.74, 6) is -2.24. The van der Waals surface area contributed by atoms with Gasteiger partial charge in [0.15, 0.2) is 5.69 Å². The number of aromatic amines is 1. The quantitative estimate of drug-likeness (QED) is 0.390. The van der Waals surface area contributed by atoms with E-state index in [1.807, 2.05) is 0 Å². The van der Waals surface area contributed by atoms with Gasteiger partial charge in [0.25, 0.3) is 5.91 Å². The number of benzene rings is 2. The molecular weight excluding hydrogens is 447 g/mol. The first kappa shape index (κ1) is 22.2. The van der Waals surface area contributed by atoms with Gasteiger partial charge in [-0.25, -0.2) is 8.78 Å². The Hall–Kier alpha value is -4.02. The summed E-state index contributed by atoms with van der Waals surface area (Å²) in [4.78, 5) is 17.0. The molecule has 170 valence electrons. The summed E-state index contributed by atoms with van der Waals surface area (Å²) in [5, 5.41) is 7.95. The molecule has 0 spiro atoms. The monoisotopic (exact) mass is 462 g/mol. The van der Waals surface area contributed by atoms with Crippen molar-refractivity contribution in [1.29, 1.82) is 0 Å². The number of aromatic nitrogens is 3. The van der Waals surface area contributed by atoms with Crippen molar-refractivity contribution in [2.24, 2.45) is 0 Å². The fraction of sp³-hybridized carbons (Fsp3) is 0.136. The summed E-state index contributed by atoms with van der Waals surface area (Å²) in [6.07, 6.45) is -3.49. The predicted molar refractivity (Wildman–Crippen MR) is 109 cm³/mol. The number of carbonyl (C=O) groups is 1. The third kappa shape index (κ3) is 4.34. The van der Waals surface area contributed by atoms with Gasteiger partial charge in [-0.15, -0.1) is 0 Å². The van der Waals surface area contributed by atoms with E-state index in [9.17, 15) is 26.7 Å². The van der Waals surface area contributed by atoms with Crippen molar-refractivity contribution >= 4 is 22.5 Å². The zero-order chi connectivity index (χ0) is 23.8. The van der Waals surface area contributed by atoms with Crippen molar-refractivity contribution < 1.29 is 31.5 Å². The fourth-order valence-electron chi connectivity index (χ4n) is 3.25. The van der Waals surface area contributed by atoms with Gasteiger partial charge in [0, 0.05) is 11.6 Å². The van der Waals surface area contributed by atoms with E-state index in [-0.39, 0.29) is 33.5 Å². The number of halogens is 5. The van der Waals surface area contributed by atoms with Gasteiger partial charge in [0.1, 0.15) is 29.5 Å². The number of nitrogens with one attached hydrogen (secondary N) is 2. The maximum Gasteiger partial charge on any atom is 0.437 e. The number of carbonyl (C=O) groups excluding carboxylic acids is 1. The number of hydrogen-bond acceptors (Lipinski definition) is 4. The van der Waals surface area contributed by atoms with E-state index in [1.165, 1.54) is 43.5 Å². The van der Waals surface area contributed by atoms with Crippen LogP contribution in [-0.2, 0) is 12.8 Å². The zero-order valence-corrected chi connectivity index (χ0v) is 16.9. The van der Waals surface area contributed by atoms with Crippen LogP contribution in [0.4, 0.5) is 27.6 Å². The second kappa shape index (κ2) is 8.49. The summed E-state index contributed by atoms with van der Waals surface area (Å²) >= 11 is 0. The maximum atomic E-state index is 13.9. The van der Waals surface area contributed by atoms with Gasteiger partial charge in [-0.05, 0) is 31.2 Å². The molecule has 2 aromatic heterocycles. The number of rotatable bonds is 5. The van der Waals surface area contributed by atoms with E-state index >= 15 is 0 Å². The lowest BCUT2D eigenvalue weighted by Crippen LogP contribution is -2.17. The molecule has 2 N–H and O–H groups in total. The van der Waals surface area contributed by atoms with E-state index in [1.54, 1.807) is 0 Å². The summed E-state index contributed by atoms with van der Waals surface area (Å²) in [6.45, 7) is 0.912. The molecule has 0 saturated carbocycles. The van der Waals surface area contributed by atoms with Crippen LogP contribution in [0.2, 0.25) is 0 Å². The van der Waals surface area contributed by atoms with Crippen LogP contribution in [-0.4, -0.2) is 21.1 Å². The fourth-order valence-corrected chi connectivity index (χ4v) is 3.25. The van der Waals surface area contributed by atoms with Crippen LogP contribution in [0.5, 0.6) is 5.75 Å². The summed E-state index contributed by atoms with van der Waals surface area (Å²) in [5.41, 5.74) is -1.76. The lowest BCUT2D eigenvalue weighted by Gasteiger charge is -2.13. The first-order valence-corrected chi connectivity index (χ1v) is 9.53. The van der Waals surface area contributed by atoms with E-state index in [0.29, 0.717) is 0 Å². The Morgan fingerprint density at radius 3 is 2.48 bits per heavy atom. The first-order chi connectivity index (χ1) is 15.7. The molecule has 0 fully saturated rings. The number of pyridine rings is 1. The van der Waals surface area contributed by atoms with Gasteiger partial charge in [-0.2, -0.15) is 18.3 Å². The molecule has 4 rings (SSSR count). The molecular formula is C22H15F5N4O2.